The SMILES string of the molecule is O=C(/C=C\n1cnc(-c2cc(C(F)(F)F)cc(C(F)(F)F)c2)n1)NN1CCNC(=O)C1=O. The predicted molar refractivity (Wildman–Crippen MR) is 93.7 cm³/mol. The van der Waals surface area contributed by atoms with Crippen molar-refractivity contribution in [2.75, 3.05) is 13.1 Å². The largest absolute Gasteiger partial charge is 0.416 e. The van der Waals surface area contributed by atoms with Gasteiger partial charge in [0.25, 0.3) is 5.91 Å². The van der Waals surface area contributed by atoms with Crippen molar-refractivity contribution in [1.82, 2.24) is 30.5 Å². The number of carbonyl (C=O) groups is 3. The molecule has 2 N–H and O–H groups in total. The van der Waals surface area contributed by atoms with Crippen molar-refractivity contribution in [2.45, 2.75) is 12.4 Å². The lowest BCUT2D eigenvalue weighted by molar-refractivity contribution is -0.152. The molecule has 2 aromatic rings. The number of hydrazine groups is 1. The Morgan fingerprint density at radius 3 is 2.28 bits per heavy atom. The molecule has 9 nitrogen and oxygen atoms in total. The third-order valence-corrected chi connectivity index (χ3v) is 4.04. The zero-order chi connectivity index (χ0) is 23.7. The number of rotatable bonds is 4. The monoisotopic (exact) mass is 462 g/mol. The van der Waals surface area contributed by atoms with E-state index in [2.05, 4.69) is 20.8 Å². The maximum absolute atomic E-state index is 13.0. The predicted octanol–water partition coefficient (Wildman–Crippen LogP) is 1.44. The highest BCUT2D eigenvalue weighted by Crippen LogP contribution is 2.38. The van der Waals surface area contributed by atoms with Gasteiger partial charge in [0.05, 0.1) is 17.7 Å². The van der Waals surface area contributed by atoms with E-state index in [-0.39, 0.29) is 19.2 Å². The molecule has 1 fully saturated rings. The van der Waals surface area contributed by atoms with Gasteiger partial charge in [-0.3, -0.25) is 19.8 Å². The molecule has 0 spiro atoms. The third kappa shape index (κ3) is 5.22. The zero-order valence-corrected chi connectivity index (χ0v) is 15.7. The fraction of sp³-hybridized carbons (Fsp3) is 0.235. The second-order valence-corrected chi connectivity index (χ2v) is 6.35. The van der Waals surface area contributed by atoms with Crippen LogP contribution in [0.3, 0.4) is 0 Å². The fourth-order valence-electron chi connectivity index (χ4n) is 2.56. The molecule has 1 aromatic heterocycles. The summed E-state index contributed by atoms with van der Waals surface area (Å²) >= 11 is 0. The van der Waals surface area contributed by atoms with Crippen LogP contribution in [-0.4, -0.2) is 50.6 Å². The highest BCUT2D eigenvalue weighted by Gasteiger charge is 2.37. The Morgan fingerprint density at radius 1 is 1.06 bits per heavy atom. The van der Waals surface area contributed by atoms with Crippen LogP contribution >= 0.6 is 0 Å². The van der Waals surface area contributed by atoms with E-state index in [1.807, 2.05) is 0 Å². The maximum Gasteiger partial charge on any atom is 0.416 e. The number of carbonyl (C=O) groups excluding carboxylic acids is 3. The zero-order valence-electron chi connectivity index (χ0n) is 15.7. The van der Waals surface area contributed by atoms with Crippen molar-refractivity contribution in [2.24, 2.45) is 0 Å². The Labute approximate surface area is 174 Å². The highest BCUT2D eigenvalue weighted by molar-refractivity contribution is 6.35. The summed E-state index contributed by atoms with van der Waals surface area (Å²) in [5, 5.41) is 6.78. The van der Waals surface area contributed by atoms with Crippen LogP contribution in [0.4, 0.5) is 26.3 Å². The minimum Gasteiger partial charge on any atom is -0.346 e. The van der Waals surface area contributed by atoms with Gasteiger partial charge in [0.2, 0.25) is 0 Å². The molecule has 0 bridgehead atoms. The van der Waals surface area contributed by atoms with E-state index in [0.717, 1.165) is 28.3 Å². The summed E-state index contributed by atoms with van der Waals surface area (Å²) in [4.78, 5) is 38.4. The average molecular weight is 462 g/mol. The van der Waals surface area contributed by atoms with Gasteiger partial charge in [0.15, 0.2) is 5.82 Å². The first-order valence-electron chi connectivity index (χ1n) is 8.64. The normalized spacial score (nSPS) is 15.2. The molecule has 0 unspecified atom stereocenters. The smallest absolute Gasteiger partial charge is 0.346 e. The summed E-state index contributed by atoms with van der Waals surface area (Å²) in [5.41, 5.74) is -1.44. The molecule has 15 heteroatoms. The van der Waals surface area contributed by atoms with E-state index < -0.39 is 52.6 Å². The summed E-state index contributed by atoms with van der Waals surface area (Å²) in [7, 11) is 0. The summed E-state index contributed by atoms with van der Waals surface area (Å²) in [6.45, 7) is 0.145. The minimum atomic E-state index is -5.03. The molecule has 0 saturated carbocycles. The Morgan fingerprint density at radius 2 is 1.69 bits per heavy atom. The van der Waals surface area contributed by atoms with Crippen LogP contribution < -0.4 is 10.7 Å². The molecule has 2 heterocycles. The van der Waals surface area contributed by atoms with Crippen LogP contribution in [0.1, 0.15) is 11.1 Å². The van der Waals surface area contributed by atoms with Crippen molar-refractivity contribution in [3.63, 3.8) is 0 Å². The van der Waals surface area contributed by atoms with E-state index in [1.165, 1.54) is 0 Å². The summed E-state index contributed by atoms with van der Waals surface area (Å²) in [6.07, 6.45) is -7.24. The summed E-state index contributed by atoms with van der Waals surface area (Å²) in [5.74, 6) is -3.18. The van der Waals surface area contributed by atoms with Crippen molar-refractivity contribution in [3.8, 4) is 11.4 Å². The first-order chi connectivity index (χ1) is 14.8. The van der Waals surface area contributed by atoms with E-state index in [0.29, 0.717) is 12.1 Å². The van der Waals surface area contributed by atoms with Gasteiger partial charge in [-0.1, -0.05) is 0 Å². The van der Waals surface area contributed by atoms with E-state index in [1.54, 1.807) is 0 Å². The lowest BCUT2D eigenvalue weighted by atomic mass is 10.0. The van der Waals surface area contributed by atoms with Gasteiger partial charge in [-0.2, -0.15) is 26.3 Å². The molecule has 0 aliphatic carbocycles. The topological polar surface area (TPSA) is 109 Å². The first kappa shape index (κ1) is 22.8. The third-order valence-electron chi connectivity index (χ3n) is 4.04. The van der Waals surface area contributed by atoms with Gasteiger partial charge < -0.3 is 5.32 Å². The van der Waals surface area contributed by atoms with Crippen molar-refractivity contribution in [3.05, 3.63) is 41.7 Å². The second kappa shape index (κ2) is 8.32. The van der Waals surface area contributed by atoms with Gasteiger partial charge in [-0.05, 0) is 18.2 Å². The molecule has 0 atom stereocenters. The standard InChI is InChI=1S/C17H12F6N6O3/c18-16(19,20)10-5-9(6-11(7-10)17(21,22)23)13-25-8-28(27-13)3-1-12(30)26-29-4-2-24-14(31)15(29)32/h1,3,5-8H,2,4H2,(H,24,31)(H,26,30)/b3-1-. The number of aromatic nitrogens is 3. The Hall–Kier alpha value is -3.91. The quantitative estimate of drug-likeness (QED) is 0.406. The maximum atomic E-state index is 13.0. The molecule has 1 saturated heterocycles. The number of benzene rings is 1. The van der Waals surface area contributed by atoms with Gasteiger partial charge in [-0.25, -0.2) is 14.7 Å². The summed E-state index contributed by atoms with van der Waals surface area (Å²) < 4.78 is 78.8. The number of halogens is 6. The van der Waals surface area contributed by atoms with Crippen molar-refractivity contribution < 1.29 is 40.7 Å². The van der Waals surface area contributed by atoms with Crippen LogP contribution in [0.15, 0.2) is 30.6 Å². The Bertz CT molecular complexity index is 1060. The lowest BCUT2D eigenvalue weighted by Gasteiger charge is -2.25. The molecule has 1 aliphatic heterocycles. The number of amides is 3. The van der Waals surface area contributed by atoms with Crippen molar-refractivity contribution >= 4 is 23.9 Å². The van der Waals surface area contributed by atoms with Crippen LogP contribution in [-0.2, 0) is 26.7 Å². The molecule has 3 rings (SSSR count). The van der Waals surface area contributed by atoms with E-state index in [9.17, 15) is 40.7 Å². The molecular formula is C17H12F6N6O3. The van der Waals surface area contributed by atoms with Gasteiger partial charge >= 0.3 is 24.2 Å². The van der Waals surface area contributed by atoms with Gasteiger partial charge in [0, 0.05) is 24.4 Å². The van der Waals surface area contributed by atoms with Gasteiger partial charge in [-0.15, -0.1) is 5.10 Å². The van der Waals surface area contributed by atoms with Crippen LogP contribution in [0.25, 0.3) is 17.6 Å². The number of hydrogen-bond acceptors (Lipinski definition) is 5. The Kier molecular flexibility index (Phi) is 5.92. The first-order valence-corrected chi connectivity index (χ1v) is 8.64. The average Bonchev–Trinajstić information content (AvgIpc) is 3.17. The molecule has 1 aromatic carbocycles. The van der Waals surface area contributed by atoms with Crippen LogP contribution in [0, 0.1) is 0 Å². The molecule has 170 valence electrons. The fourth-order valence-corrected chi connectivity index (χ4v) is 2.56. The molecule has 32 heavy (non-hydrogen) atoms. The molecule has 3 amide bonds. The van der Waals surface area contributed by atoms with E-state index >= 15 is 0 Å². The number of hydrogen-bond donors (Lipinski definition) is 2. The number of alkyl halides is 6. The van der Waals surface area contributed by atoms with Crippen molar-refractivity contribution in [1.29, 1.82) is 0 Å². The highest BCUT2D eigenvalue weighted by atomic mass is 19.4. The second-order valence-electron chi connectivity index (χ2n) is 6.35. The lowest BCUT2D eigenvalue weighted by Crippen LogP contribution is -2.58. The van der Waals surface area contributed by atoms with Gasteiger partial charge in [0.1, 0.15) is 6.33 Å². The Balaban J connectivity index is 1.79. The molecule has 0 radical (unpaired) electrons. The summed E-state index contributed by atoms with van der Waals surface area (Å²) in [6, 6.07) is 0.920. The molecule has 1 aliphatic rings. The molecular weight excluding hydrogens is 450 g/mol. The number of nitrogens with one attached hydrogen (secondary N) is 2. The van der Waals surface area contributed by atoms with Crippen LogP contribution in [0.5, 0.6) is 0 Å². The minimum absolute atomic E-state index is 0.0209. The number of nitrogens with zero attached hydrogens (tertiary/aromatic N) is 4. The van der Waals surface area contributed by atoms with Crippen LogP contribution in [0.2, 0.25) is 0 Å². The number of piperazine rings is 1. The van der Waals surface area contributed by atoms with E-state index in [4.69, 9.17) is 0 Å².